The number of aromatic nitrogens is 1. The van der Waals surface area contributed by atoms with Gasteiger partial charge >= 0.3 is 5.97 Å². The molecule has 0 radical (unpaired) electrons. The second-order valence-electron chi connectivity index (χ2n) is 13.8. The molecule has 2 amide bonds. The SMILES string of the molecule is CCC(C)c1cc2c(O)c3ccc4c(OC)c5c(O)c6c(C)ccc(O)c6c(O)c5c(O)c4c3c(O)c2c(=O)n1CC(=O)N1CC(C(=O)O)NC(=O)C1C. The number of carboxylic acids is 1. The molecule has 280 valence electrons. The Hall–Kier alpha value is -6.64. The number of fused-ring (bicyclic) bond motifs is 6. The lowest BCUT2D eigenvalue weighted by molar-refractivity contribution is -0.151. The second kappa shape index (κ2) is 12.5. The van der Waals surface area contributed by atoms with Crippen LogP contribution in [0.4, 0.5) is 0 Å². The fourth-order valence-electron chi connectivity index (χ4n) is 7.78. The first-order valence-corrected chi connectivity index (χ1v) is 17.1. The topological polar surface area (TPSA) is 239 Å². The van der Waals surface area contributed by atoms with E-state index in [0.29, 0.717) is 17.7 Å². The van der Waals surface area contributed by atoms with Gasteiger partial charge in [0.05, 0.1) is 35.2 Å². The molecule has 0 saturated carbocycles. The molecule has 1 fully saturated rings. The van der Waals surface area contributed by atoms with Gasteiger partial charge in [0, 0.05) is 38.0 Å². The molecular weight excluding hydrogens is 702 g/mol. The van der Waals surface area contributed by atoms with Crippen LogP contribution in [0.5, 0.6) is 40.2 Å². The fraction of sp³-hybridized carbons (Fsp3) is 0.282. The van der Waals surface area contributed by atoms with Crippen LogP contribution in [-0.2, 0) is 20.9 Å². The number of pyridine rings is 1. The predicted octanol–water partition coefficient (Wildman–Crippen LogP) is 4.48. The molecule has 0 aliphatic carbocycles. The van der Waals surface area contributed by atoms with Crippen LogP contribution in [0.2, 0.25) is 0 Å². The standard InChI is InChI=1S/C39H37N3O12/c1-6-14(2)21-11-19-27(38(51)42(21)13-23(44)41-12-20(39(52)53)40-37(50)16(41)4)33(47)25-17(31(19)45)8-9-18-26(25)34(48)29-30(36(18)54-5)32(46)24-15(3)7-10-22(43)28(24)35(29)49/h7-11,14,16,20,43,45-49H,6,12-13H2,1-5H3,(H,40,50)(H,52,53). The van der Waals surface area contributed by atoms with E-state index in [4.69, 9.17) is 4.74 Å². The first-order valence-electron chi connectivity index (χ1n) is 17.1. The Balaban J connectivity index is 1.57. The van der Waals surface area contributed by atoms with Crippen molar-refractivity contribution in [3.63, 3.8) is 0 Å². The molecule has 3 unspecified atom stereocenters. The number of amides is 2. The number of aryl methyl sites for hydroxylation is 1. The van der Waals surface area contributed by atoms with Crippen LogP contribution in [0, 0.1) is 6.92 Å². The van der Waals surface area contributed by atoms with E-state index in [-0.39, 0.29) is 66.7 Å². The first-order chi connectivity index (χ1) is 25.5. The summed E-state index contributed by atoms with van der Waals surface area (Å²) >= 11 is 0. The first kappa shape index (κ1) is 35.7. The summed E-state index contributed by atoms with van der Waals surface area (Å²) in [5.41, 5.74) is -0.0798. The molecule has 1 aliphatic heterocycles. The van der Waals surface area contributed by atoms with Crippen molar-refractivity contribution in [3.05, 3.63) is 51.9 Å². The van der Waals surface area contributed by atoms with Gasteiger partial charge in [-0.15, -0.1) is 0 Å². The molecule has 15 heteroatoms. The molecule has 7 rings (SSSR count). The Morgan fingerprint density at radius 3 is 2.09 bits per heavy atom. The van der Waals surface area contributed by atoms with Gasteiger partial charge in [0.2, 0.25) is 11.8 Å². The Labute approximate surface area is 305 Å². The number of phenols is 6. The smallest absolute Gasteiger partial charge is 0.328 e. The molecule has 0 spiro atoms. The number of hydrogen-bond acceptors (Lipinski definition) is 11. The number of aromatic hydroxyl groups is 6. The highest BCUT2D eigenvalue weighted by Gasteiger charge is 2.38. The van der Waals surface area contributed by atoms with Gasteiger partial charge in [-0.05, 0) is 56.0 Å². The Morgan fingerprint density at radius 2 is 1.44 bits per heavy atom. The molecule has 1 aromatic heterocycles. The van der Waals surface area contributed by atoms with E-state index in [1.54, 1.807) is 19.9 Å². The van der Waals surface area contributed by atoms with E-state index in [1.807, 2.05) is 6.92 Å². The third-order valence-corrected chi connectivity index (χ3v) is 10.8. The molecule has 2 heterocycles. The molecule has 15 nitrogen and oxygen atoms in total. The number of carbonyl (C=O) groups excluding carboxylic acids is 2. The number of carboxylic acid groups (broad SMARTS) is 1. The zero-order valence-corrected chi connectivity index (χ0v) is 29.8. The summed E-state index contributed by atoms with van der Waals surface area (Å²) in [6, 6.07) is 4.84. The maximum absolute atomic E-state index is 14.6. The average molecular weight is 740 g/mol. The molecule has 54 heavy (non-hydrogen) atoms. The molecule has 0 bridgehead atoms. The minimum absolute atomic E-state index is 0.00332. The lowest BCUT2D eigenvalue weighted by Gasteiger charge is -2.36. The number of ether oxygens (including phenoxy) is 1. The summed E-state index contributed by atoms with van der Waals surface area (Å²) in [6.07, 6.45) is 0.495. The van der Waals surface area contributed by atoms with Crippen molar-refractivity contribution >= 4 is 71.6 Å². The van der Waals surface area contributed by atoms with E-state index < -0.39 is 81.9 Å². The normalized spacial score (nSPS) is 16.8. The molecule has 5 aromatic carbocycles. The van der Waals surface area contributed by atoms with Crippen LogP contribution in [0.25, 0.3) is 53.9 Å². The number of piperazine rings is 1. The fourth-order valence-corrected chi connectivity index (χ4v) is 7.78. The third kappa shape index (κ3) is 4.87. The van der Waals surface area contributed by atoms with Crippen LogP contribution in [0.15, 0.2) is 35.1 Å². The number of hydrogen-bond donors (Lipinski definition) is 8. The minimum atomic E-state index is -1.37. The van der Waals surface area contributed by atoms with E-state index in [1.165, 1.54) is 38.3 Å². The summed E-state index contributed by atoms with van der Waals surface area (Å²) in [4.78, 5) is 53.7. The maximum atomic E-state index is 14.6. The van der Waals surface area contributed by atoms with Crippen LogP contribution in [0.1, 0.15) is 44.4 Å². The number of nitrogens with zero attached hydrogens (tertiary/aromatic N) is 2. The molecule has 3 atom stereocenters. The van der Waals surface area contributed by atoms with E-state index in [0.717, 1.165) is 9.47 Å². The highest BCUT2D eigenvalue weighted by atomic mass is 16.5. The summed E-state index contributed by atoms with van der Waals surface area (Å²) in [5, 5.41) is 80.4. The number of nitrogens with one attached hydrogen (secondary N) is 1. The monoisotopic (exact) mass is 739 g/mol. The highest BCUT2D eigenvalue weighted by molar-refractivity contribution is 6.29. The van der Waals surface area contributed by atoms with Crippen molar-refractivity contribution in [2.24, 2.45) is 0 Å². The van der Waals surface area contributed by atoms with Crippen molar-refractivity contribution in [1.29, 1.82) is 0 Å². The number of methoxy groups -OCH3 is 1. The number of aliphatic carboxylic acids is 1. The number of phenolic OH excluding ortho intramolecular Hbond substituents is 6. The molecule has 1 saturated heterocycles. The van der Waals surface area contributed by atoms with Crippen molar-refractivity contribution in [3.8, 4) is 40.2 Å². The van der Waals surface area contributed by atoms with Crippen LogP contribution in [0.3, 0.4) is 0 Å². The molecule has 1 aliphatic rings. The lowest BCUT2D eigenvalue weighted by Crippen LogP contribution is -2.63. The van der Waals surface area contributed by atoms with Gasteiger partial charge in [0.15, 0.2) is 0 Å². The average Bonchev–Trinajstić information content (AvgIpc) is 3.14. The Morgan fingerprint density at radius 1 is 0.833 bits per heavy atom. The van der Waals surface area contributed by atoms with E-state index >= 15 is 0 Å². The van der Waals surface area contributed by atoms with Crippen molar-refractivity contribution < 1.29 is 54.9 Å². The third-order valence-electron chi connectivity index (χ3n) is 10.8. The minimum Gasteiger partial charge on any atom is -0.507 e. The number of rotatable bonds is 6. The van der Waals surface area contributed by atoms with Crippen molar-refractivity contribution in [2.45, 2.75) is 58.7 Å². The largest absolute Gasteiger partial charge is 0.507 e. The van der Waals surface area contributed by atoms with Crippen LogP contribution < -0.4 is 15.6 Å². The van der Waals surface area contributed by atoms with E-state index in [2.05, 4.69) is 5.32 Å². The van der Waals surface area contributed by atoms with Crippen molar-refractivity contribution in [2.75, 3.05) is 13.7 Å². The van der Waals surface area contributed by atoms with Gasteiger partial charge in [-0.25, -0.2) is 4.79 Å². The summed E-state index contributed by atoms with van der Waals surface area (Å²) in [6.45, 7) is 5.74. The highest BCUT2D eigenvalue weighted by Crippen LogP contribution is 2.57. The summed E-state index contributed by atoms with van der Waals surface area (Å²) < 4.78 is 6.84. The maximum Gasteiger partial charge on any atom is 0.328 e. The van der Waals surface area contributed by atoms with Gasteiger partial charge in [0.25, 0.3) is 5.56 Å². The van der Waals surface area contributed by atoms with Gasteiger partial charge in [-0.2, -0.15) is 0 Å². The lowest BCUT2D eigenvalue weighted by atomic mass is 9.89. The number of carbonyl (C=O) groups is 3. The second-order valence-corrected chi connectivity index (χ2v) is 13.8. The quantitative estimate of drug-likeness (QED) is 0.0671. The zero-order valence-electron chi connectivity index (χ0n) is 29.8. The molecule has 8 N–H and O–H groups in total. The molecule has 6 aromatic rings. The van der Waals surface area contributed by atoms with Crippen LogP contribution in [-0.4, -0.2) is 88.7 Å². The number of benzene rings is 5. The van der Waals surface area contributed by atoms with Crippen molar-refractivity contribution in [1.82, 2.24) is 14.8 Å². The van der Waals surface area contributed by atoms with Gasteiger partial charge in [0.1, 0.15) is 58.9 Å². The molecular formula is C39H37N3O12. The van der Waals surface area contributed by atoms with E-state index in [9.17, 15) is 54.9 Å². The van der Waals surface area contributed by atoms with Gasteiger partial charge < -0.3 is 55.3 Å². The zero-order chi connectivity index (χ0) is 39.2. The Kier molecular flexibility index (Phi) is 8.27. The van der Waals surface area contributed by atoms with Gasteiger partial charge in [-0.1, -0.05) is 19.9 Å². The predicted molar refractivity (Wildman–Crippen MR) is 199 cm³/mol. The van der Waals surface area contributed by atoms with Gasteiger partial charge in [-0.3, -0.25) is 14.4 Å². The summed E-state index contributed by atoms with van der Waals surface area (Å²) in [7, 11) is 1.29. The Bertz CT molecular complexity index is 2740. The van der Waals surface area contributed by atoms with Crippen LogP contribution >= 0.6 is 0 Å². The summed E-state index contributed by atoms with van der Waals surface area (Å²) in [5.74, 6) is -6.37.